The third-order valence-electron chi connectivity index (χ3n) is 5.77. The molecule has 3 aromatic carbocycles. The van der Waals surface area contributed by atoms with E-state index in [9.17, 15) is 19.7 Å². The number of rotatable bonds is 13. The quantitative estimate of drug-likeness (QED) is 0.226. The predicted octanol–water partition coefficient (Wildman–Crippen LogP) is 4.91. The molecule has 0 saturated heterocycles. The molecule has 1 atom stereocenters. The highest BCUT2D eigenvalue weighted by molar-refractivity contribution is 9.10. The maximum absolute atomic E-state index is 13.6. The van der Waals surface area contributed by atoms with Crippen LogP contribution in [-0.4, -0.2) is 47.9 Å². The Labute approximate surface area is 230 Å². The summed E-state index contributed by atoms with van der Waals surface area (Å²) in [4.78, 5) is 39.1. The zero-order chi connectivity index (χ0) is 27.5. The first-order chi connectivity index (χ1) is 18.3. The molecule has 3 aromatic rings. The lowest BCUT2D eigenvalue weighted by Crippen LogP contribution is -2.51. The fourth-order valence-corrected chi connectivity index (χ4v) is 4.33. The molecular weight excluding hydrogens is 554 g/mol. The SMILES string of the molecule is CCCNC(=O)[C@@H](Cc1ccccc1)N(Cc1cccc(Br)c1)C(=O)COc1ccc([N+](=O)[O-])c(OC)c1. The molecule has 0 aromatic heterocycles. The molecule has 10 heteroatoms. The fourth-order valence-electron chi connectivity index (χ4n) is 3.88. The van der Waals surface area contributed by atoms with Gasteiger partial charge in [0.2, 0.25) is 11.7 Å². The van der Waals surface area contributed by atoms with Crippen LogP contribution in [0.1, 0.15) is 24.5 Å². The van der Waals surface area contributed by atoms with E-state index in [2.05, 4.69) is 21.2 Å². The van der Waals surface area contributed by atoms with E-state index < -0.39 is 16.9 Å². The molecule has 0 bridgehead atoms. The van der Waals surface area contributed by atoms with Crippen molar-refractivity contribution in [1.29, 1.82) is 0 Å². The largest absolute Gasteiger partial charge is 0.490 e. The molecule has 0 saturated carbocycles. The average molecular weight is 584 g/mol. The Morgan fingerprint density at radius 3 is 2.45 bits per heavy atom. The normalized spacial score (nSPS) is 11.3. The summed E-state index contributed by atoms with van der Waals surface area (Å²) in [5, 5.41) is 14.1. The second-order valence-electron chi connectivity index (χ2n) is 8.53. The molecule has 0 unspecified atom stereocenters. The smallest absolute Gasteiger partial charge is 0.311 e. The van der Waals surface area contributed by atoms with Gasteiger partial charge >= 0.3 is 5.69 Å². The number of benzene rings is 3. The van der Waals surface area contributed by atoms with Crippen LogP contribution < -0.4 is 14.8 Å². The van der Waals surface area contributed by atoms with Crippen molar-refractivity contribution >= 4 is 33.4 Å². The summed E-state index contributed by atoms with van der Waals surface area (Å²) in [7, 11) is 1.32. The lowest BCUT2D eigenvalue weighted by Gasteiger charge is -2.31. The van der Waals surface area contributed by atoms with Gasteiger partial charge in [-0.05, 0) is 35.7 Å². The number of methoxy groups -OCH3 is 1. The summed E-state index contributed by atoms with van der Waals surface area (Å²) < 4.78 is 11.7. The molecule has 0 aliphatic heterocycles. The Bertz CT molecular complexity index is 1250. The van der Waals surface area contributed by atoms with Crippen LogP contribution in [0.25, 0.3) is 0 Å². The number of nitrogens with zero attached hydrogens (tertiary/aromatic N) is 2. The van der Waals surface area contributed by atoms with Gasteiger partial charge in [0.05, 0.1) is 12.0 Å². The molecule has 9 nitrogen and oxygen atoms in total. The zero-order valence-corrected chi connectivity index (χ0v) is 22.8. The van der Waals surface area contributed by atoms with Crippen LogP contribution in [0.3, 0.4) is 0 Å². The van der Waals surface area contributed by atoms with Crippen LogP contribution in [0.2, 0.25) is 0 Å². The van der Waals surface area contributed by atoms with Gasteiger partial charge in [0.1, 0.15) is 11.8 Å². The molecule has 0 heterocycles. The molecule has 2 amide bonds. The Hall–Kier alpha value is -3.92. The highest BCUT2D eigenvalue weighted by atomic mass is 79.9. The van der Waals surface area contributed by atoms with Gasteiger partial charge in [0.15, 0.2) is 6.61 Å². The summed E-state index contributed by atoms with van der Waals surface area (Å²) >= 11 is 3.47. The molecule has 0 spiro atoms. The first kappa shape index (κ1) is 28.6. The standard InChI is InChI=1S/C28H30BrN3O6/c1-3-14-30-28(34)25(16-20-8-5-4-6-9-20)31(18-21-10-7-11-22(29)15-21)27(33)19-38-23-12-13-24(32(35)36)26(17-23)37-2/h4-13,15,17,25H,3,14,16,18-19H2,1-2H3,(H,30,34)/t25-/m1/s1. The van der Waals surface area contributed by atoms with Gasteiger partial charge in [-0.2, -0.15) is 0 Å². The van der Waals surface area contributed by atoms with Crippen LogP contribution in [0.4, 0.5) is 5.69 Å². The van der Waals surface area contributed by atoms with E-state index in [1.54, 1.807) is 0 Å². The van der Waals surface area contributed by atoms with E-state index in [1.807, 2.05) is 61.5 Å². The lowest BCUT2D eigenvalue weighted by atomic mass is 10.0. The van der Waals surface area contributed by atoms with Gasteiger partial charge in [-0.1, -0.05) is 65.3 Å². The highest BCUT2D eigenvalue weighted by Crippen LogP contribution is 2.31. The van der Waals surface area contributed by atoms with Crippen molar-refractivity contribution in [1.82, 2.24) is 10.2 Å². The maximum Gasteiger partial charge on any atom is 0.311 e. The summed E-state index contributed by atoms with van der Waals surface area (Å²) in [6.45, 7) is 2.26. The van der Waals surface area contributed by atoms with Crippen molar-refractivity contribution in [2.45, 2.75) is 32.4 Å². The van der Waals surface area contributed by atoms with Crippen LogP contribution in [-0.2, 0) is 22.6 Å². The number of carbonyl (C=O) groups excluding carboxylic acids is 2. The van der Waals surface area contributed by atoms with E-state index >= 15 is 0 Å². The van der Waals surface area contributed by atoms with E-state index in [4.69, 9.17) is 9.47 Å². The summed E-state index contributed by atoms with van der Waals surface area (Å²) in [5.41, 5.74) is 1.54. The molecule has 3 rings (SSSR count). The molecule has 38 heavy (non-hydrogen) atoms. The first-order valence-corrected chi connectivity index (χ1v) is 12.9. The predicted molar refractivity (Wildman–Crippen MR) is 147 cm³/mol. The van der Waals surface area contributed by atoms with Crippen LogP contribution >= 0.6 is 15.9 Å². The minimum atomic E-state index is -0.787. The maximum atomic E-state index is 13.6. The van der Waals surface area contributed by atoms with Crippen LogP contribution in [0.15, 0.2) is 77.3 Å². The molecule has 200 valence electrons. The molecule has 1 N–H and O–H groups in total. The van der Waals surface area contributed by atoms with E-state index in [1.165, 1.54) is 30.2 Å². The number of hydrogen-bond acceptors (Lipinski definition) is 6. The second kappa shape index (κ2) is 14.1. The first-order valence-electron chi connectivity index (χ1n) is 12.1. The molecule has 0 aliphatic carbocycles. The number of nitro benzene ring substituents is 1. The number of amides is 2. The average Bonchev–Trinajstić information content (AvgIpc) is 2.92. The van der Waals surface area contributed by atoms with Gasteiger partial charge < -0.3 is 19.7 Å². The van der Waals surface area contributed by atoms with Gasteiger partial charge in [-0.3, -0.25) is 19.7 Å². The minimum absolute atomic E-state index is 0.0202. The van der Waals surface area contributed by atoms with Crippen molar-refractivity contribution in [3.63, 3.8) is 0 Å². The molecular formula is C28H30BrN3O6. The van der Waals surface area contributed by atoms with Gasteiger partial charge in [0, 0.05) is 36.1 Å². The lowest BCUT2D eigenvalue weighted by molar-refractivity contribution is -0.385. The Balaban J connectivity index is 1.90. The fraction of sp³-hybridized carbons (Fsp3) is 0.286. The van der Waals surface area contributed by atoms with E-state index in [0.717, 1.165) is 22.0 Å². The second-order valence-corrected chi connectivity index (χ2v) is 9.44. The molecule has 0 radical (unpaired) electrons. The summed E-state index contributed by atoms with van der Waals surface area (Å²) in [6, 6.07) is 20.3. The summed E-state index contributed by atoms with van der Waals surface area (Å²) in [5.74, 6) is -0.406. The van der Waals surface area contributed by atoms with Crippen molar-refractivity contribution in [2.24, 2.45) is 0 Å². The number of halogens is 1. The number of carbonyl (C=O) groups is 2. The Morgan fingerprint density at radius 2 is 1.79 bits per heavy atom. The number of nitrogens with one attached hydrogen (secondary N) is 1. The monoisotopic (exact) mass is 583 g/mol. The van der Waals surface area contributed by atoms with Gasteiger partial charge in [-0.25, -0.2) is 0 Å². The highest BCUT2D eigenvalue weighted by Gasteiger charge is 2.30. The van der Waals surface area contributed by atoms with E-state index in [-0.39, 0.29) is 36.2 Å². The van der Waals surface area contributed by atoms with Crippen molar-refractivity contribution in [2.75, 3.05) is 20.3 Å². The van der Waals surface area contributed by atoms with Crippen LogP contribution in [0.5, 0.6) is 11.5 Å². The van der Waals surface area contributed by atoms with Crippen molar-refractivity contribution in [3.8, 4) is 11.5 Å². The zero-order valence-electron chi connectivity index (χ0n) is 21.3. The van der Waals surface area contributed by atoms with Gasteiger partial charge in [-0.15, -0.1) is 0 Å². The third kappa shape index (κ3) is 8.04. The number of ether oxygens (including phenoxy) is 2. The summed E-state index contributed by atoms with van der Waals surface area (Å²) in [6.07, 6.45) is 1.08. The Morgan fingerprint density at radius 1 is 1.05 bits per heavy atom. The molecule has 0 fully saturated rings. The van der Waals surface area contributed by atoms with E-state index in [0.29, 0.717) is 13.0 Å². The topological polar surface area (TPSA) is 111 Å². The third-order valence-corrected chi connectivity index (χ3v) is 6.27. The number of hydrogen-bond donors (Lipinski definition) is 1. The minimum Gasteiger partial charge on any atom is -0.490 e. The molecule has 0 aliphatic rings. The van der Waals surface area contributed by atoms with Crippen molar-refractivity contribution < 1.29 is 24.0 Å². The van der Waals surface area contributed by atoms with Gasteiger partial charge in [0.25, 0.3) is 5.91 Å². The number of nitro groups is 1. The van der Waals surface area contributed by atoms with Crippen LogP contribution in [0, 0.1) is 10.1 Å². The Kier molecular flexibility index (Phi) is 10.7. The van der Waals surface area contributed by atoms with Crippen molar-refractivity contribution in [3.05, 3.63) is 98.5 Å².